The Balaban J connectivity index is 2.70. The molecular formula is C15H16O4. The molecule has 0 heterocycles. The summed E-state index contributed by atoms with van der Waals surface area (Å²) in [5.41, 5.74) is 0.782. The number of hydrogen-bond donors (Lipinski definition) is 0. The van der Waals surface area contributed by atoms with Gasteiger partial charge in [0.2, 0.25) is 0 Å². The second-order valence-electron chi connectivity index (χ2n) is 3.60. The fraction of sp³-hybridized carbons (Fsp3) is 0.267. The topological polar surface area (TPSA) is 44.8 Å². The molecule has 4 nitrogen and oxygen atoms in total. The SMILES string of the molecule is C#CCCOC(=O)/C=C/c1cc(OC)cc(OC)c1. The van der Waals surface area contributed by atoms with Crippen molar-refractivity contribution in [2.45, 2.75) is 6.42 Å². The van der Waals surface area contributed by atoms with Crippen molar-refractivity contribution in [1.29, 1.82) is 0 Å². The third kappa shape index (κ3) is 5.17. The molecule has 0 fully saturated rings. The highest BCUT2D eigenvalue weighted by Crippen LogP contribution is 2.23. The van der Waals surface area contributed by atoms with E-state index >= 15 is 0 Å². The summed E-state index contributed by atoms with van der Waals surface area (Å²) < 4.78 is 15.1. The van der Waals surface area contributed by atoms with Gasteiger partial charge in [-0.15, -0.1) is 12.3 Å². The van der Waals surface area contributed by atoms with Gasteiger partial charge in [0, 0.05) is 18.6 Å². The minimum Gasteiger partial charge on any atom is -0.497 e. The number of benzene rings is 1. The first-order valence-electron chi connectivity index (χ1n) is 5.71. The summed E-state index contributed by atoms with van der Waals surface area (Å²) in [5.74, 6) is 3.26. The molecule has 0 radical (unpaired) electrons. The molecule has 0 spiro atoms. The van der Waals surface area contributed by atoms with Crippen molar-refractivity contribution in [2.75, 3.05) is 20.8 Å². The minimum absolute atomic E-state index is 0.223. The molecule has 4 heteroatoms. The van der Waals surface area contributed by atoms with E-state index in [-0.39, 0.29) is 6.61 Å². The van der Waals surface area contributed by atoms with Crippen LogP contribution in [-0.2, 0) is 9.53 Å². The van der Waals surface area contributed by atoms with E-state index in [1.807, 2.05) is 0 Å². The second kappa shape index (κ2) is 7.83. The highest BCUT2D eigenvalue weighted by atomic mass is 16.5. The first kappa shape index (κ1) is 14.7. The average molecular weight is 260 g/mol. The highest BCUT2D eigenvalue weighted by molar-refractivity contribution is 5.87. The van der Waals surface area contributed by atoms with E-state index in [1.165, 1.54) is 6.08 Å². The van der Waals surface area contributed by atoms with Crippen molar-refractivity contribution >= 4 is 12.0 Å². The summed E-state index contributed by atoms with van der Waals surface area (Å²) >= 11 is 0. The van der Waals surface area contributed by atoms with Crippen LogP contribution >= 0.6 is 0 Å². The van der Waals surface area contributed by atoms with Gasteiger partial charge in [-0.1, -0.05) is 0 Å². The Hall–Kier alpha value is -2.41. The molecular weight excluding hydrogens is 244 g/mol. The maximum atomic E-state index is 11.4. The van der Waals surface area contributed by atoms with Crippen LogP contribution in [0, 0.1) is 12.3 Å². The number of methoxy groups -OCH3 is 2. The molecule has 0 atom stereocenters. The van der Waals surface area contributed by atoms with E-state index in [0.717, 1.165) is 5.56 Å². The van der Waals surface area contributed by atoms with Crippen LogP contribution in [0.1, 0.15) is 12.0 Å². The van der Waals surface area contributed by atoms with Gasteiger partial charge in [0.05, 0.1) is 14.2 Å². The first-order chi connectivity index (χ1) is 9.19. The maximum Gasteiger partial charge on any atom is 0.330 e. The summed E-state index contributed by atoms with van der Waals surface area (Å²) in [7, 11) is 3.13. The molecule has 19 heavy (non-hydrogen) atoms. The smallest absolute Gasteiger partial charge is 0.330 e. The summed E-state index contributed by atoms with van der Waals surface area (Å²) in [4.78, 5) is 11.4. The molecule has 0 bridgehead atoms. The van der Waals surface area contributed by atoms with Crippen LogP contribution in [0.5, 0.6) is 11.5 Å². The number of carbonyl (C=O) groups excluding carboxylic acids is 1. The van der Waals surface area contributed by atoms with Gasteiger partial charge in [-0.3, -0.25) is 0 Å². The summed E-state index contributed by atoms with van der Waals surface area (Å²) in [5, 5.41) is 0. The molecule has 0 amide bonds. The Morgan fingerprint density at radius 1 is 1.26 bits per heavy atom. The normalized spacial score (nSPS) is 9.95. The van der Waals surface area contributed by atoms with Crippen LogP contribution in [0.25, 0.3) is 6.08 Å². The first-order valence-corrected chi connectivity index (χ1v) is 5.71. The van der Waals surface area contributed by atoms with Gasteiger partial charge >= 0.3 is 5.97 Å². The summed E-state index contributed by atoms with van der Waals surface area (Å²) in [6.45, 7) is 0.223. The van der Waals surface area contributed by atoms with Crippen molar-refractivity contribution < 1.29 is 19.0 Å². The molecule has 1 aromatic rings. The van der Waals surface area contributed by atoms with Crippen LogP contribution in [0.4, 0.5) is 0 Å². The monoisotopic (exact) mass is 260 g/mol. The van der Waals surface area contributed by atoms with Crippen LogP contribution < -0.4 is 9.47 Å². The zero-order valence-corrected chi connectivity index (χ0v) is 11.0. The fourth-order valence-electron chi connectivity index (χ4n) is 1.35. The van der Waals surface area contributed by atoms with E-state index < -0.39 is 5.97 Å². The number of carbonyl (C=O) groups is 1. The van der Waals surface area contributed by atoms with E-state index in [2.05, 4.69) is 5.92 Å². The molecule has 0 aliphatic carbocycles. The third-order valence-corrected chi connectivity index (χ3v) is 2.28. The van der Waals surface area contributed by atoms with Crippen molar-refractivity contribution in [2.24, 2.45) is 0 Å². The van der Waals surface area contributed by atoms with Gasteiger partial charge in [-0.25, -0.2) is 4.79 Å². The van der Waals surface area contributed by atoms with Gasteiger partial charge in [0.1, 0.15) is 18.1 Å². The predicted molar refractivity (Wildman–Crippen MR) is 73.0 cm³/mol. The molecule has 0 unspecified atom stereocenters. The summed E-state index contributed by atoms with van der Waals surface area (Å²) in [6.07, 6.45) is 8.43. The molecule has 0 aromatic heterocycles. The lowest BCUT2D eigenvalue weighted by atomic mass is 10.2. The molecule has 0 saturated carbocycles. The Labute approximate surface area is 113 Å². The Morgan fingerprint density at radius 3 is 2.42 bits per heavy atom. The van der Waals surface area contributed by atoms with E-state index in [4.69, 9.17) is 20.6 Å². The molecule has 0 N–H and O–H groups in total. The zero-order chi connectivity index (χ0) is 14.1. The van der Waals surface area contributed by atoms with Crippen LogP contribution in [0.15, 0.2) is 24.3 Å². The lowest BCUT2D eigenvalue weighted by Gasteiger charge is -2.05. The lowest BCUT2D eigenvalue weighted by Crippen LogP contribution is -2.01. The van der Waals surface area contributed by atoms with Gasteiger partial charge in [-0.2, -0.15) is 0 Å². The largest absolute Gasteiger partial charge is 0.497 e. The number of ether oxygens (including phenoxy) is 3. The van der Waals surface area contributed by atoms with Gasteiger partial charge in [-0.05, 0) is 23.8 Å². The zero-order valence-electron chi connectivity index (χ0n) is 11.0. The average Bonchev–Trinajstić information content (AvgIpc) is 2.45. The van der Waals surface area contributed by atoms with Crippen molar-refractivity contribution in [3.63, 3.8) is 0 Å². The van der Waals surface area contributed by atoms with Crippen molar-refractivity contribution in [3.8, 4) is 23.8 Å². The Morgan fingerprint density at radius 2 is 1.89 bits per heavy atom. The number of terminal acetylenes is 1. The van der Waals surface area contributed by atoms with Gasteiger partial charge in [0.15, 0.2) is 0 Å². The molecule has 1 rings (SSSR count). The van der Waals surface area contributed by atoms with Crippen LogP contribution in [-0.4, -0.2) is 26.8 Å². The van der Waals surface area contributed by atoms with E-state index in [0.29, 0.717) is 17.9 Å². The van der Waals surface area contributed by atoms with Crippen molar-refractivity contribution in [3.05, 3.63) is 29.8 Å². The predicted octanol–water partition coefficient (Wildman–Crippen LogP) is 2.28. The Kier molecular flexibility index (Phi) is 6.04. The molecule has 1 aromatic carbocycles. The molecule has 100 valence electrons. The maximum absolute atomic E-state index is 11.4. The quantitative estimate of drug-likeness (QED) is 0.341. The number of esters is 1. The highest BCUT2D eigenvalue weighted by Gasteiger charge is 2.01. The van der Waals surface area contributed by atoms with Gasteiger partial charge < -0.3 is 14.2 Å². The van der Waals surface area contributed by atoms with Gasteiger partial charge in [0.25, 0.3) is 0 Å². The number of hydrogen-bond acceptors (Lipinski definition) is 4. The van der Waals surface area contributed by atoms with Crippen LogP contribution in [0.3, 0.4) is 0 Å². The number of rotatable bonds is 6. The van der Waals surface area contributed by atoms with E-state index in [1.54, 1.807) is 38.5 Å². The third-order valence-electron chi connectivity index (χ3n) is 2.28. The van der Waals surface area contributed by atoms with E-state index in [9.17, 15) is 4.79 Å². The summed E-state index contributed by atoms with van der Waals surface area (Å²) in [6, 6.07) is 5.32. The molecule has 0 saturated heterocycles. The molecule has 0 aliphatic rings. The van der Waals surface area contributed by atoms with Crippen LogP contribution in [0.2, 0.25) is 0 Å². The van der Waals surface area contributed by atoms with Crippen molar-refractivity contribution in [1.82, 2.24) is 0 Å². The Bertz CT molecular complexity index is 475. The second-order valence-corrected chi connectivity index (χ2v) is 3.60. The lowest BCUT2D eigenvalue weighted by molar-refractivity contribution is -0.137. The fourth-order valence-corrected chi connectivity index (χ4v) is 1.35. The standard InChI is InChI=1S/C15H16O4/c1-4-5-8-19-15(16)7-6-12-9-13(17-2)11-14(10-12)18-3/h1,6-7,9-11H,5,8H2,2-3H3/b7-6+. The molecule has 0 aliphatic heterocycles. The minimum atomic E-state index is -0.433.